The number of para-hydroxylation sites is 2. The van der Waals surface area contributed by atoms with Crippen LogP contribution < -0.4 is 5.56 Å². The Bertz CT molecular complexity index is 1170. The summed E-state index contributed by atoms with van der Waals surface area (Å²) in [6.45, 7) is -0.171. The van der Waals surface area contributed by atoms with Crippen LogP contribution >= 0.6 is 23.1 Å². The second-order valence-corrected chi connectivity index (χ2v) is 7.80. The minimum absolute atomic E-state index is 0.171. The van der Waals surface area contributed by atoms with Gasteiger partial charge in [-0.2, -0.15) is 0 Å². The van der Waals surface area contributed by atoms with Gasteiger partial charge >= 0.3 is 5.97 Å². The predicted molar refractivity (Wildman–Crippen MR) is 107 cm³/mol. The minimum atomic E-state index is -0.490. The fraction of sp³-hybridized carbons (Fsp3) is 0.158. The summed E-state index contributed by atoms with van der Waals surface area (Å²) in [5.41, 5.74) is 1.31. The molecule has 0 aliphatic carbocycles. The first-order valence-electron chi connectivity index (χ1n) is 8.19. The van der Waals surface area contributed by atoms with Gasteiger partial charge in [0.05, 0.1) is 34.0 Å². The molecule has 0 aliphatic heterocycles. The summed E-state index contributed by atoms with van der Waals surface area (Å²) in [7, 11) is 1.30. The van der Waals surface area contributed by atoms with Crippen LogP contribution in [-0.4, -0.2) is 27.6 Å². The van der Waals surface area contributed by atoms with Gasteiger partial charge in [-0.1, -0.05) is 36.0 Å². The van der Waals surface area contributed by atoms with E-state index in [1.54, 1.807) is 29.5 Å². The van der Waals surface area contributed by atoms with Crippen molar-refractivity contribution >= 4 is 50.2 Å². The summed E-state index contributed by atoms with van der Waals surface area (Å²) >= 11 is 3.00. The maximum Gasteiger partial charge on any atom is 0.325 e. The molecule has 136 valence electrons. The first kappa shape index (κ1) is 17.7. The number of thioether (sulfide) groups is 1. The van der Waals surface area contributed by atoms with Crippen molar-refractivity contribution in [2.45, 2.75) is 17.5 Å². The zero-order valence-electron chi connectivity index (χ0n) is 14.4. The SMILES string of the molecule is COC(=O)Cn1c(SCc2nc3ccccc3s2)nc2ccccc2c1=O. The van der Waals surface area contributed by atoms with E-state index in [-0.39, 0.29) is 12.1 Å². The number of thiazole rings is 1. The van der Waals surface area contributed by atoms with E-state index in [1.807, 2.05) is 30.3 Å². The zero-order chi connectivity index (χ0) is 18.8. The topological polar surface area (TPSA) is 74.1 Å². The molecule has 2 heterocycles. The smallest absolute Gasteiger partial charge is 0.325 e. The monoisotopic (exact) mass is 397 g/mol. The maximum atomic E-state index is 12.8. The van der Waals surface area contributed by atoms with E-state index in [1.165, 1.54) is 23.4 Å². The lowest BCUT2D eigenvalue weighted by Gasteiger charge is -2.11. The molecule has 2 aromatic heterocycles. The minimum Gasteiger partial charge on any atom is -0.468 e. The van der Waals surface area contributed by atoms with Gasteiger partial charge in [-0.25, -0.2) is 9.97 Å². The van der Waals surface area contributed by atoms with Crippen molar-refractivity contribution in [2.75, 3.05) is 7.11 Å². The average Bonchev–Trinajstić information content (AvgIpc) is 3.11. The third-order valence-electron chi connectivity index (χ3n) is 4.00. The second kappa shape index (κ2) is 7.50. The summed E-state index contributed by atoms with van der Waals surface area (Å²) in [6.07, 6.45) is 0. The molecule has 0 N–H and O–H groups in total. The van der Waals surface area contributed by atoms with E-state index < -0.39 is 5.97 Å². The number of aromatic nitrogens is 3. The van der Waals surface area contributed by atoms with Crippen LogP contribution in [0.15, 0.2) is 58.5 Å². The lowest BCUT2D eigenvalue weighted by atomic mass is 10.2. The van der Waals surface area contributed by atoms with Crippen LogP contribution in [0, 0.1) is 0 Å². The maximum absolute atomic E-state index is 12.8. The predicted octanol–water partition coefficient (Wildman–Crippen LogP) is 3.47. The fourth-order valence-corrected chi connectivity index (χ4v) is 4.66. The van der Waals surface area contributed by atoms with Gasteiger partial charge in [-0.05, 0) is 24.3 Å². The van der Waals surface area contributed by atoms with Crippen molar-refractivity contribution in [1.29, 1.82) is 0 Å². The van der Waals surface area contributed by atoms with E-state index >= 15 is 0 Å². The third kappa shape index (κ3) is 3.58. The molecule has 0 atom stereocenters. The van der Waals surface area contributed by atoms with E-state index in [0.717, 1.165) is 15.2 Å². The van der Waals surface area contributed by atoms with Gasteiger partial charge in [0, 0.05) is 0 Å². The molecule has 0 saturated heterocycles. The summed E-state index contributed by atoms with van der Waals surface area (Å²) in [6, 6.07) is 15.1. The molecule has 4 aromatic rings. The Hall–Kier alpha value is -2.71. The molecule has 6 nitrogen and oxygen atoms in total. The highest BCUT2D eigenvalue weighted by atomic mass is 32.2. The summed E-state index contributed by atoms with van der Waals surface area (Å²) in [4.78, 5) is 33.8. The van der Waals surface area contributed by atoms with Crippen LogP contribution in [0.3, 0.4) is 0 Å². The largest absolute Gasteiger partial charge is 0.468 e. The molecule has 0 spiro atoms. The first-order valence-corrected chi connectivity index (χ1v) is 9.99. The zero-order valence-corrected chi connectivity index (χ0v) is 16.0. The first-order chi connectivity index (χ1) is 13.2. The number of carbonyl (C=O) groups excluding carboxylic acids is 1. The number of nitrogens with zero attached hydrogens (tertiary/aromatic N) is 3. The molecule has 0 amide bonds. The quantitative estimate of drug-likeness (QED) is 0.292. The molecule has 27 heavy (non-hydrogen) atoms. The number of methoxy groups -OCH3 is 1. The highest BCUT2D eigenvalue weighted by Crippen LogP contribution is 2.28. The average molecular weight is 397 g/mol. The number of rotatable bonds is 5. The molecule has 8 heteroatoms. The van der Waals surface area contributed by atoms with Crippen LogP contribution in [0.2, 0.25) is 0 Å². The molecule has 0 unspecified atom stereocenters. The number of benzene rings is 2. The Balaban J connectivity index is 1.71. The van der Waals surface area contributed by atoms with E-state index in [0.29, 0.717) is 21.8 Å². The van der Waals surface area contributed by atoms with Crippen LogP contribution in [-0.2, 0) is 21.8 Å². The Kier molecular flexibility index (Phi) is 4.91. The van der Waals surface area contributed by atoms with Gasteiger partial charge < -0.3 is 4.74 Å². The molecular formula is C19H15N3O3S2. The van der Waals surface area contributed by atoms with Crippen LogP contribution in [0.5, 0.6) is 0 Å². The lowest BCUT2D eigenvalue weighted by Crippen LogP contribution is -2.27. The summed E-state index contributed by atoms with van der Waals surface area (Å²) in [5.74, 6) is 0.0710. The van der Waals surface area contributed by atoms with Crippen molar-refractivity contribution < 1.29 is 9.53 Å². The lowest BCUT2D eigenvalue weighted by molar-refractivity contribution is -0.141. The highest BCUT2D eigenvalue weighted by Gasteiger charge is 2.15. The highest BCUT2D eigenvalue weighted by molar-refractivity contribution is 7.98. The van der Waals surface area contributed by atoms with E-state index in [2.05, 4.69) is 9.97 Å². The summed E-state index contributed by atoms with van der Waals surface area (Å²) < 4.78 is 7.22. The molecule has 0 bridgehead atoms. The molecule has 0 saturated carbocycles. The Labute approximate surface area is 162 Å². The van der Waals surface area contributed by atoms with Crippen molar-refractivity contribution in [3.63, 3.8) is 0 Å². The van der Waals surface area contributed by atoms with Gasteiger partial charge in [0.1, 0.15) is 11.6 Å². The van der Waals surface area contributed by atoms with Gasteiger partial charge in [0.25, 0.3) is 5.56 Å². The number of esters is 1. The van der Waals surface area contributed by atoms with Crippen molar-refractivity contribution in [3.8, 4) is 0 Å². The molecule has 4 rings (SSSR count). The molecule has 0 aliphatic rings. The second-order valence-electron chi connectivity index (χ2n) is 5.74. The number of hydrogen-bond acceptors (Lipinski definition) is 7. The van der Waals surface area contributed by atoms with Gasteiger partial charge in [0.15, 0.2) is 5.16 Å². The number of ether oxygens (including phenoxy) is 1. The summed E-state index contributed by atoms with van der Waals surface area (Å²) in [5, 5.41) is 1.89. The molecule has 0 radical (unpaired) electrons. The number of fused-ring (bicyclic) bond motifs is 2. The van der Waals surface area contributed by atoms with E-state index in [4.69, 9.17) is 4.74 Å². The van der Waals surface area contributed by atoms with E-state index in [9.17, 15) is 9.59 Å². The standard InChI is InChI=1S/C19H15N3O3S2/c1-25-17(23)10-22-18(24)12-6-2-3-7-13(12)21-19(22)26-11-16-20-14-8-4-5-9-15(14)27-16/h2-9H,10-11H2,1H3. The Morgan fingerprint density at radius 3 is 2.63 bits per heavy atom. The van der Waals surface area contributed by atoms with Crippen LogP contribution in [0.1, 0.15) is 5.01 Å². The van der Waals surface area contributed by atoms with Gasteiger partial charge in [0.2, 0.25) is 0 Å². The van der Waals surface area contributed by atoms with Crippen LogP contribution in [0.4, 0.5) is 0 Å². The van der Waals surface area contributed by atoms with Crippen molar-refractivity contribution in [1.82, 2.24) is 14.5 Å². The van der Waals surface area contributed by atoms with Crippen molar-refractivity contribution in [2.24, 2.45) is 0 Å². The van der Waals surface area contributed by atoms with Gasteiger partial charge in [-0.15, -0.1) is 11.3 Å². The Morgan fingerprint density at radius 2 is 1.85 bits per heavy atom. The van der Waals surface area contributed by atoms with Gasteiger partial charge in [-0.3, -0.25) is 14.2 Å². The van der Waals surface area contributed by atoms with Crippen molar-refractivity contribution in [3.05, 3.63) is 63.9 Å². The Morgan fingerprint density at radius 1 is 1.11 bits per heavy atom. The van der Waals surface area contributed by atoms with Crippen LogP contribution in [0.25, 0.3) is 21.1 Å². The third-order valence-corrected chi connectivity index (χ3v) is 6.21. The number of hydrogen-bond donors (Lipinski definition) is 0. The number of carbonyl (C=O) groups is 1. The molecule has 2 aromatic carbocycles. The normalized spacial score (nSPS) is 11.1. The molecule has 0 fully saturated rings. The fourth-order valence-electron chi connectivity index (χ4n) is 2.70. The molecular weight excluding hydrogens is 382 g/mol.